The van der Waals surface area contributed by atoms with Gasteiger partial charge in [-0.25, -0.2) is 4.98 Å². The Hall–Kier alpha value is -1.98. The van der Waals surface area contributed by atoms with Crippen LogP contribution in [0.15, 0.2) is 57.5 Å². The van der Waals surface area contributed by atoms with Gasteiger partial charge in [0.1, 0.15) is 5.52 Å². The maximum Gasteiger partial charge on any atom is 0.257 e. The van der Waals surface area contributed by atoms with Crippen LogP contribution in [0.1, 0.15) is 5.56 Å². The minimum Gasteiger partial charge on any atom is -0.431 e. The highest BCUT2D eigenvalue weighted by Crippen LogP contribution is 2.32. The predicted molar refractivity (Wildman–Crippen MR) is 89.8 cm³/mol. The number of aromatic nitrogens is 1. The summed E-state index contributed by atoms with van der Waals surface area (Å²) in [7, 11) is 0. The van der Waals surface area contributed by atoms with Gasteiger partial charge in [-0.3, -0.25) is 0 Å². The molecule has 0 spiro atoms. The van der Waals surface area contributed by atoms with Gasteiger partial charge >= 0.3 is 0 Å². The summed E-state index contributed by atoms with van der Waals surface area (Å²) in [5.74, 6) is 0.853. The molecule has 2 N–H and O–H groups in total. The van der Waals surface area contributed by atoms with Crippen LogP contribution in [0.25, 0.3) is 21.2 Å². The smallest absolute Gasteiger partial charge is 0.257 e. The predicted octanol–water partition coefficient (Wildman–Crippen LogP) is 4.92. The molecule has 0 atom stereocenters. The topological polar surface area (TPSA) is 52.0 Å². The highest BCUT2D eigenvalue weighted by molar-refractivity contribution is 7.98. The van der Waals surface area contributed by atoms with Crippen molar-refractivity contribution in [3.63, 3.8) is 0 Å². The van der Waals surface area contributed by atoms with Crippen molar-refractivity contribution in [1.29, 1.82) is 0 Å². The quantitative estimate of drug-likeness (QED) is 0.431. The van der Waals surface area contributed by atoms with Crippen molar-refractivity contribution < 1.29 is 4.42 Å². The maximum atomic E-state index is 5.76. The molecule has 0 unspecified atom stereocenters. The summed E-state index contributed by atoms with van der Waals surface area (Å²) in [4.78, 5) is 4.47. The Morgan fingerprint density at radius 1 is 1.19 bits per heavy atom. The van der Waals surface area contributed by atoms with E-state index in [9.17, 15) is 0 Å². The van der Waals surface area contributed by atoms with Crippen molar-refractivity contribution in [3.8, 4) is 0 Å². The van der Waals surface area contributed by atoms with Gasteiger partial charge in [-0.1, -0.05) is 30.0 Å². The number of nitrogens with zero attached hydrogens (tertiary/aromatic N) is 1. The summed E-state index contributed by atoms with van der Waals surface area (Å²) < 4.78 is 7.05. The van der Waals surface area contributed by atoms with Crippen molar-refractivity contribution in [1.82, 2.24) is 4.98 Å². The number of hydrogen-bond donors (Lipinski definition) is 1. The van der Waals surface area contributed by atoms with Crippen LogP contribution in [0.2, 0.25) is 0 Å². The van der Waals surface area contributed by atoms with Gasteiger partial charge in [-0.05, 0) is 40.6 Å². The van der Waals surface area contributed by atoms with E-state index in [2.05, 4.69) is 34.6 Å². The van der Waals surface area contributed by atoms with Crippen LogP contribution in [0, 0.1) is 0 Å². The van der Waals surface area contributed by atoms with E-state index in [0.29, 0.717) is 10.9 Å². The van der Waals surface area contributed by atoms with Crippen LogP contribution in [0.3, 0.4) is 0 Å². The van der Waals surface area contributed by atoms with E-state index in [1.807, 2.05) is 18.2 Å². The van der Waals surface area contributed by atoms with E-state index in [1.54, 1.807) is 23.1 Å². The third-order valence-corrected chi connectivity index (χ3v) is 5.19. The zero-order valence-electron chi connectivity index (χ0n) is 11.1. The second kappa shape index (κ2) is 5.09. The molecule has 2 aromatic carbocycles. The normalized spacial score (nSPS) is 11.4. The number of anilines is 1. The zero-order valence-corrected chi connectivity index (χ0v) is 12.7. The Morgan fingerprint density at radius 2 is 2.10 bits per heavy atom. The fraction of sp³-hybridized carbons (Fsp3) is 0.0625. The summed E-state index contributed by atoms with van der Waals surface area (Å²) in [6.07, 6.45) is 0. The Bertz CT molecular complexity index is 926. The fourth-order valence-electron chi connectivity index (χ4n) is 2.27. The van der Waals surface area contributed by atoms with E-state index < -0.39 is 0 Å². The molecule has 0 amide bonds. The molecule has 0 radical (unpaired) electrons. The molecule has 0 aliphatic rings. The molecule has 104 valence electrons. The van der Waals surface area contributed by atoms with Gasteiger partial charge < -0.3 is 10.2 Å². The van der Waals surface area contributed by atoms with Gasteiger partial charge in [-0.15, -0.1) is 11.3 Å². The number of nitrogen functional groups attached to an aromatic ring is 1. The number of fused-ring (bicyclic) bond motifs is 2. The number of nitrogens with two attached hydrogens (primary N) is 1. The van der Waals surface area contributed by atoms with E-state index in [0.717, 1.165) is 16.9 Å². The van der Waals surface area contributed by atoms with Crippen molar-refractivity contribution in [2.75, 3.05) is 5.73 Å². The lowest BCUT2D eigenvalue weighted by atomic mass is 10.2. The summed E-state index contributed by atoms with van der Waals surface area (Å²) >= 11 is 3.39. The highest BCUT2D eigenvalue weighted by atomic mass is 32.2. The third kappa shape index (κ3) is 2.39. The third-order valence-electron chi connectivity index (χ3n) is 3.30. The number of oxazole rings is 1. The summed E-state index contributed by atoms with van der Waals surface area (Å²) in [6.45, 7) is 0. The van der Waals surface area contributed by atoms with Gasteiger partial charge in [-0.2, -0.15) is 0 Å². The average molecular weight is 312 g/mol. The van der Waals surface area contributed by atoms with E-state index in [4.69, 9.17) is 10.2 Å². The largest absolute Gasteiger partial charge is 0.431 e. The Labute approximate surface area is 129 Å². The van der Waals surface area contributed by atoms with E-state index in [1.165, 1.54) is 15.6 Å². The second-order valence-electron chi connectivity index (χ2n) is 4.75. The molecule has 2 aromatic heterocycles. The standard InChI is InChI=1S/C16H12N2OS2/c17-11-5-6-14-13(7-11)18-16(19-14)21-9-10-8-20-15-4-2-1-3-12(10)15/h1-8H,9,17H2. The van der Waals surface area contributed by atoms with Crippen LogP contribution < -0.4 is 5.73 Å². The molecule has 0 saturated heterocycles. The number of hydrogen-bond acceptors (Lipinski definition) is 5. The van der Waals surface area contributed by atoms with E-state index >= 15 is 0 Å². The summed E-state index contributed by atoms with van der Waals surface area (Å²) in [5, 5.41) is 4.21. The van der Waals surface area contributed by atoms with Crippen LogP contribution in [-0.2, 0) is 5.75 Å². The minimum atomic E-state index is 0.686. The van der Waals surface area contributed by atoms with Crippen molar-refractivity contribution in [2.45, 2.75) is 11.0 Å². The molecular weight excluding hydrogens is 300 g/mol. The van der Waals surface area contributed by atoms with Crippen LogP contribution in [-0.4, -0.2) is 4.98 Å². The molecule has 0 aliphatic heterocycles. The van der Waals surface area contributed by atoms with Gasteiger partial charge in [0.15, 0.2) is 5.58 Å². The van der Waals surface area contributed by atoms with Crippen molar-refractivity contribution in [3.05, 3.63) is 53.4 Å². The Kier molecular flexibility index (Phi) is 3.09. The van der Waals surface area contributed by atoms with Crippen molar-refractivity contribution >= 4 is 50.0 Å². The first-order valence-electron chi connectivity index (χ1n) is 6.53. The van der Waals surface area contributed by atoms with Gasteiger partial charge in [0, 0.05) is 16.1 Å². The first kappa shape index (κ1) is 12.7. The van der Waals surface area contributed by atoms with Crippen LogP contribution in [0.4, 0.5) is 5.69 Å². The molecule has 0 bridgehead atoms. The first-order chi connectivity index (χ1) is 10.3. The molecule has 3 nitrogen and oxygen atoms in total. The molecule has 4 aromatic rings. The Morgan fingerprint density at radius 3 is 3.05 bits per heavy atom. The molecule has 2 heterocycles. The minimum absolute atomic E-state index is 0.686. The molecule has 0 fully saturated rings. The molecular formula is C16H12N2OS2. The van der Waals surface area contributed by atoms with Gasteiger partial charge in [0.05, 0.1) is 0 Å². The molecule has 5 heteroatoms. The zero-order chi connectivity index (χ0) is 14.2. The number of benzene rings is 2. The van der Waals surface area contributed by atoms with Gasteiger partial charge in [0.25, 0.3) is 5.22 Å². The second-order valence-corrected chi connectivity index (χ2v) is 6.59. The van der Waals surface area contributed by atoms with Crippen LogP contribution >= 0.6 is 23.1 Å². The molecule has 0 saturated carbocycles. The Balaban J connectivity index is 1.60. The first-order valence-corrected chi connectivity index (χ1v) is 8.40. The number of rotatable bonds is 3. The maximum absolute atomic E-state index is 5.76. The fourth-order valence-corrected chi connectivity index (χ4v) is 4.17. The van der Waals surface area contributed by atoms with E-state index in [-0.39, 0.29) is 0 Å². The van der Waals surface area contributed by atoms with Crippen LogP contribution in [0.5, 0.6) is 0 Å². The van der Waals surface area contributed by atoms with Crippen molar-refractivity contribution in [2.24, 2.45) is 0 Å². The monoisotopic (exact) mass is 312 g/mol. The summed E-state index contributed by atoms with van der Waals surface area (Å²) in [6, 6.07) is 14.0. The lowest BCUT2D eigenvalue weighted by Gasteiger charge is -1.96. The lowest BCUT2D eigenvalue weighted by molar-refractivity contribution is 0.489. The lowest BCUT2D eigenvalue weighted by Crippen LogP contribution is -1.82. The summed E-state index contributed by atoms with van der Waals surface area (Å²) in [5.41, 5.74) is 9.38. The SMILES string of the molecule is Nc1ccc2oc(SCc3csc4ccccc34)nc2c1. The average Bonchev–Trinajstić information content (AvgIpc) is 3.08. The molecule has 4 rings (SSSR count). The number of thiophene rings is 1. The molecule has 0 aliphatic carbocycles. The highest BCUT2D eigenvalue weighted by Gasteiger charge is 2.09. The van der Waals surface area contributed by atoms with Gasteiger partial charge in [0.2, 0.25) is 0 Å². The molecule has 21 heavy (non-hydrogen) atoms. The number of thioether (sulfide) groups is 1.